The van der Waals surface area contributed by atoms with Crippen molar-refractivity contribution < 1.29 is 37.1 Å². The summed E-state index contributed by atoms with van der Waals surface area (Å²) < 4.78 is 54.0. The summed E-state index contributed by atoms with van der Waals surface area (Å²) in [5, 5.41) is 20.8. The van der Waals surface area contributed by atoms with Gasteiger partial charge in [-0.3, -0.25) is 19.1 Å². The van der Waals surface area contributed by atoms with Gasteiger partial charge in [0.05, 0.1) is 18.2 Å². The van der Waals surface area contributed by atoms with Crippen LogP contribution in [0.1, 0.15) is 67.5 Å². The highest BCUT2D eigenvalue weighted by Gasteiger charge is 2.48. The van der Waals surface area contributed by atoms with Crippen molar-refractivity contribution >= 4 is 23.4 Å². The van der Waals surface area contributed by atoms with Crippen LogP contribution in [0.15, 0.2) is 30.5 Å². The highest BCUT2D eigenvalue weighted by Crippen LogP contribution is 2.51. The average molecular weight is 568 g/mol. The number of hydrogen-bond acceptors (Lipinski definition) is 5. The van der Waals surface area contributed by atoms with E-state index in [0.717, 1.165) is 31.7 Å². The zero-order chi connectivity index (χ0) is 29.2. The topological polar surface area (TPSA) is 125 Å². The quantitative estimate of drug-likeness (QED) is 0.292. The van der Waals surface area contributed by atoms with Crippen LogP contribution in [0.2, 0.25) is 0 Å². The molecule has 13 heteroatoms. The molecule has 2 atom stereocenters. The van der Waals surface area contributed by atoms with Gasteiger partial charge in [-0.2, -0.15) is 18.3 Å². The van der Waals surface area contributed by atoms with Crippen molar-refractivity contribution in [2.24, 2.45) is 17.8 Å². The zero-order valence-corrected chi connectivity index (χ0v) is 22.2. The molecule has 2 unspecified atom stereocenters. The van der Waals surface area contributed by atoms with Crippen LogP contribution in [0.3, 0.4) is 0 Å². The number of halogens is 4. The van der Waals surface area contributed by atoms with Crippen LogP contribution in [0.25, 0.3) is 0 Å². The van der Waals surface area contributed by atoms with E-state index in [1.54, 1.807) is 16.1 Å². The molecule has 2 saturated carbocycles. The lowest BCUT2D eigenvalue weighted by molar-refractivity contribution is -0.139. The number of aliphatic hydroxyl groups excluding tert-OH is 1. The number of nitrogens with one attached hydrogen (secondary N) is 3. The molecular weight excluding hydrogens is 534 g/mol. The summed E-state index contributed by atoms with van der Waals surface area (Å²) >= 11 is 0. The van der Waals surface area contributed by atoms with Gasteiger partial charge in [0, 0.05) is 12.2 Å². The molecule has 4 N–H and O–H groups in total. The normalized spacial score (nSPS) is 17.0. The van der Waals surface area contributed by atoms with Crippen LogP contribution >= 0.6 is 0 Å². The van der Waals surface area contributed by atoms with Crippen molar-refractivity contribution in [3.63, 3.8) is 0 Å². The summed E-state index contributed by atoms with van der Waals surface area (Å²) in [5.74, 6) is -4.13. The maximum absolute atomic E-state index is 15.1. The van der Waals surface area contributed by atoms with Crippen molar-refractivity contribution in [2.45, 2.75) is 63.7 Å². The lowest BCUT2D eigenvalue weighted by Crippen LogP contribution is -2.50. The summed E-state index contributed by atoms with van der Waals surface area (Å²) in [6.07, 6.45) is 0.608. The van der Waals surface area contributed by atoms with Gasteiger partial charge in [0.15, 0.2) is 0 Å². The number of carbonyl (C=O) groups is 3. The molecule has 2 aliphatic carbocycles. The molecule has 3 amide bonds. The Morgan fingerprint density at radius 2 is 1.73 bits per heavy atom. The van der Waals surface area contributed by atoms with E-state index in [4.69, 9.17) is 0 Å². The van der Waals surface area contributed by atoms with E-state index >= 15 is 4.39 Å². The number of hydrogen-bond donors (Lipinski definition) is 4. The Labute approximate surface area is 228 Å². The van der Waals surface area contributed by atoms with Crippen LogP contribution in [-0.2, 0) is 9.59 Å². The molecule has 9 nitrogen and oxygen atoms in total. The molecule has 2 fully saturated rings. The van der Waals surface area contributed by atoms with Gasteiger partial charge in [0.25, 0.3) is 5.91 Å². The van der Waals surface area contributed by atoms with Crippen LogP contribution in [0, 0.1) is 23.6 Å². The highest BCUT2D eigenvalue weighted by molar-refractivity contribution is 6.01. The van der Waals surface area contributed by atoms with E-state index < -0.39 is 54.8 Å². The van der Waals surface area contributed by atoms with Gasteiger partial charge >= 0.3 is 6.18 Å². The number of anilines is 1. The Balaban J connectivity index is 1.52. The Morgan fingerprint density at radius 1 is 1.07 bits per heavy atom. The van der Waals surface area contributed by atoms with Crippen LogP contribution in [0.5, 0.6) is 0 Å². The summed E-state index contributed by atoms with van der Waals surface area (Å²) in [4.78, 5) is 38.9. The number of alkyl halides is 3. The monoisotopic (exact) mass is 567 g/mol. The third-order valence-electron chi connectivity index (χ3n) is 7.29. The minimum Gasteiger partial charge on any atom is -0.395 e. The number of rotatable bonds is 12. The Hall–Kier alpha value is -3.48. The molecule has 1 heterocycles. The second kappa shape index (κ2) is 11.9. The van der Waals surface area contributed by atoms with Gasteiger partial charge in [0.1, 0.15) is 24.1 Å². The number of aromatic nitrogens is 2. The van der Waals surface area contributed by atoms with E-state index in [2.05, 4.69) is 15.7 Å². The van der Waals surface area contributed by atoms with Crippen molar-refractivity contribution in [1.82, 2.24) is 20.4 Å². The van der Waals surface area contributed by atoms with Crippen molar-refractivity contribution in [3.05, 3.63) is 47.5 Å². The minimum atomic E-state index is -4.64. The first-order valence-electron chi connectivity index (χ1n) is 13.3. The largest absolute Gasteiger partial charge is 0.405 e. The second-order valence-corrected chi connectivity index (χ2v) is 10.8. The van der Waals surface area contributed by atoms with Gasteiger partial charge < -0.3 is 21.1 Å². The second-order valence-electron chi connectivity index (χ2n) is 10.8. The summed E-state index contributed by atoms with van der Waals surface area (Å²) in [5.41, 5.74) is 0.0174. The fraction of sp³-hybridized carbons (Fsp3) is 0.556. The number of benzene rings is 1. The SMILES string of the molecule is CC(C)n1nccc1C(=O)NC(C(=O)Nc1ccc(C(CO)C(=O)NCC(F)(F)F)cc1F)C(C1CC1)C1CC1. The first kappa shape index (κ1) is 29.5. The maximum Gasteiger partial charge on any atom is 0.405 e. The fourth-order valence-corrected chi connectivity index (χ4v) is 5.06. The Morgan fingerprint density at radius 3 is 2.25 bits per heavy atom. The standard InChI is InChI=1S/C27H33F4N5O4/c1-14(2)36-21(9-10-33-36)25(39)35-23(22(15-3-4-15)16-5-6-16)26(40)34-20-8-7-17(11-19(20)28)18(12-37)24(38)32-13-27(29,30)31/h7-11,14-16,18,22-23,37H,3-6,12-13H2,1-2H3,(H,32,38)(H,34,40)(H,35,39). The molecule has 0 spiro atoms. The summed E-state index contributed by atoms with van der Waals surface area (Å²) in [7, 11) is 0. The van der Waals surface area contributed by atoms with Crippen LogP contribution in [0.4, 0.5) is 23.2 Å². The highest BCUT2D eigenvalue weighted by atomic mass is 19.4. The lowest BCUT2D eigenvalue weighted by atomic mass is 9.88. The van der Waals surface area contributed by atoms with Crippen molar-refractivity contribution in [2.75, 3.05) is 18.5 Å². The first-order valence-corrected chi connectivity index (χ1v) is 13.3. The van der Waals surface area contributed by atoms with Crippen LogP contribution in [-0.4, -0.2) is 58.0 Å². The molecule has 0 aliphatic heterocycles. The molecular formula is C27H33F4N5O4. The molecule has 1 aromatic heterocycles. The number of amides is 3. The Kier molecular flexibility index (Phi) is 8.81. The van der Waals surface area contributed by atoms with Gasteiger partial charge in [-0.05, 0) is 81.0 Å². The molecule has 4 rings (SSSR count). The predicted molar refractivity (Wildman–Crippen MR) is 137 cm³/mol. The van der Waals surface area contributed by atoms with E-state index in [0.29, 0.717) is 5.69 Å². The number of nitrogens with zero attached hydrogens (tertiary/aromatic N) is 2. The molecule has 1 aromatic carbocycles. The average Bonchev–Trinajstić information content (AvgIpc) is 3.83. The molecule has 2 aromatic rings. The third-order valence-corrected chi connectivity index (χ3v) is 7.29. The van der Waals surface area contributed by atoms with Crippen molar-refractivity contribution in [3.8, 4) is 0 Å². The predicted octanol–water partition coefficient (Wildman–Crippen LogP) is 3.53. The lowest BCUT2D eigenvalue weighted by Gasteiger charge is -2.28. The Bertz CT molecular complexity index is 1230. The fourth-order valence-electron chi connectivity index (χ4n) is 5.06. The van der Waals surface area contributed by atoms with Crippen LogP contribution < -0.4 is 16.0 Å². The summed E-state index contributed by atoms with van der Waals surface area (Å²) in [6.45, 7) is 1.31. The zero-order valence-electron chi connectivity index (χ0n) is 22.2. The first-order chi connectivity index (χ1) is 18.9. The smallest absolute Gasteiger partial charge is 0.395 e. The minimum absolute atomic E-state index is 0.0571. The molecule has 2 aliphatic rings. The third kappa shape index (κ3) is 7.18. The number of carbonyl (C=O) groups excluding carboxylic acids is 3. The summed E-state index contributed by atoms with van der Waals surface area (Å²) in [6, 6.07) is 3.86. The van der Waals surface area contributed by atoms with Gasteiger partial charge in [-0.25, -0.2) is 4.39 Å². The van der Waals surface area contributed by atoms with Gasteiger partial charge in [0.2, 0.25) is 11.8 Å². The van der Waals surface area contributed by atoms with Gasteiger partial charge in [-0.1, -0.05) is 6.07 Å². The van der Waals surface area contributed by atoms with E-state index in [-0.39, 0.29) is 35.0 Å². The molecule has 218 valence electrons. The van der Waals surface area contributed by atoms with Crippen molar-refractivity contribution in [1.29, 1.82) is 0 Å². The molecule has 0 bridgehead atoms. The van der Waals surface area contributed by atoms with Gasteiger partial charge in [-0.15, -0.1) is 0 Å². The molecule has 40 heavy (non-hydrogen) atoms. The maximum atomic E-state index is 15.1. The van der Waals surface area contributed by atoms with E-state index in [9.17, 15) is 32.7 Å². The molecule has 0 saturated heterocycles. The van der Waals surface area contributed by atoms with E-state index in [1.165, 1.54) is 18.3 Å². The number of aliphatic hydroxyl groups is 1. The molecule has 0 radical (unpaired) electrons. The van der Waals surface area contributed by atoms with E-state index in [1.807, 2.05) is 13.8 Å².